The van der Waals surface area contributed by atoms with Crippen molar-refractivity contribution in [1.29, 1.82) is 0 Å². The maximum atomic E-state index is 12.5. The lowest BCUT2D eigenvalue weighted by Gasteiger charge is -2.45. The minimum Gasteiger partial charge on any atom is -0.340 e. The van der Waals surface area contributed by atoms with E-state index in [0.29, 0.717) is 13.0 Å². The van der Waals surface area contributed by atoms with Gasteiger partial charge in [-0.15, -0.1) is 0 Å². The number of carbonyl (C=O) groups excluding carboxylic acids is 2. The Morgan fingerprint density at radius 1 is 1.44 bits per heavy atom. The monoisotopic (exact) mass is 272 g/mol. The van der Waals surface area contributed by atoms with Gasteiger partial charge < -0.3 is 10.2 Å². The average Bonchev–Trinajstić information content (AvgIpc) is 2.31. The molecule has 5 heteroatoms. The first kappa shape index (κ1) is 15.3. The van der Waals surface area contributed by atoms with Gasteiger partial charge in [0.05, 0.1) is 0 Å². The summed E-state index contributed by atoms with van der Waals surface area (Å²) in [5.74, 6) is 1.03. The molecule has 0 aromatic heterocycles. The summed E-state index contributed by atoms with van der Waals surface area (Å²) in [6, 6.07) is -0.329. The van der Waals surface area contributed by atoms with Crippen molar-refractivity contribution >= 4 is 23.6 Å². The van der Waals surface area contributed by atoms with Crippen LogP contribution in [0.1, 0.15) is 34.1 Å². The van der Waals surface area contributed by atoms with Gasteiger partial charge in [0, 0.05) is 12.3 Å². The van der Waals surface area contributed by atoms with E-state index in [1.165, 1.54) is 0 Å². The lowest BCUT2D eigenvalue weighted by Crippen LogP contribution is -2.70. The zero-order chi connectivity index (χ0) is 13.9. The second-order valence-electron chi connectivity index (χ2n) is 5.36. The third-order valence-corrected chi connectivity index (χ3v) is 4.20. The summed E-state index contributed by atoms with van der Waals surface area (Å²) in [6.45, 7) is 8.36. The third kappa shape index (κ3) is 2.82. The number of rotatable bonds is 5. The van der Waals surface area contributed by atoms with Gasteiger partial charge in [0.1, 0.15) is 11.6 Å². The number of hydrogen-bond donors (Lipinski definition) is 1. The Hall–Kier alpha value is -0.710. The van der Waals surface area contributed by atoms with Crippen LogP contribution in [0.2, 0.25) is 0 Å². The molecule has 104 valence electrons. The summed E-state index contributed by atoms with van der Waals surface area (Å²) < 4.78 is 0. The van der Waals surface area contributed by atoms with Crippen LogP contribution >= 0.6 is 11.8 Å². The van der Waals surface area contributed by atoms with E-state index in [2.05, 4.69) is 5.32 Å². The maximum absolute atomic E-state index is 12.5. The Bertz CT molecular complexity index is 333. The van der Waals surface area contributed by atoms with Crippen molar-refractivity contribution in [3.8, 4) is 0 Å². The highest BCUT2D eigenvalue weighted by atomic mass is 32.2. The van der Waals surface area contributed by atoms with Gasteiger partial charge in [0.2, 0.25) is 11.8 Å². The van der Waals surface area contributed by atoms with Crippen LogP contribution in [0.4, 0.5) is 0 Å². The predicted octanol–water partition coefficient (Wildman–Crippen LogP) is 1.50. The molecule has 0 bridgehead atoms. The molecule has 1 saturated heterocycles. The number of hydrogen-bond acceptors (Lipinski definition) is 3. The van der Waals surface area contributed by atoms with E-state index in [1.807, 2.05) is 34.0 Å². The zero-order valence-electron chi connectivity index (χ0n) is 11.9. The van der Waals surface area contributed by atoms with Crippen LogP contribution in [0.25, 0.3) is 0 Å². The van der Waals surface area contributed by atoms with Crippen LogP contribution in [-0.4, -0.2) is 46.8 Å². The Balaban J connectivity index is 3.01. The molecule has 0 aliphatic carbocycles. The van der Waals surface area contributed by atoms with Gasteiger partial charge in [-0.2, -0.15) is 11.8 Å². The lowest BCUT2D eigenvalue weighted by molar-refractivity contribution is -0.155. The van der Waals surface area contributed by atoms with Crippen LogP contribution < -0.4 is 5.32 Å². The van der Waals surface area contributed by atoms with E-state index in [1.54, 1.807) is 16.7 Å². The standard InChI is InChI=1S/C13H24N2O2S/c1-6-13(4)12(17)15(7-8-18-5)10(9(2)3)11(16)14-13/h9-10H,6-8H2,1-5H3,(H,14,16). The Kier molecular flexibility index (Phi) is 5.08. The first-order valence-electron chi connectivity index (χ1n) is 6.49. The van der Waals surface area contributed by atoms with E-state index >= 15 is 0 Å². The van der Waals surface area contributed by atoms with E-state index in [0.717, 1.165) is 5.75 Å². The van der Waals surface area contributed by atoms with Gasteiger partial charge in [-0.3, -0.25) is 9.59 Å². The molecule has 0 aromatic carbocycles. The molecule has 1 aliphatic rings. The predicted molar refractivity (Wildman–Crippen MR) is 75.6 cm³/mol. The second kappa shape index (κ2) is 5.95. The van der Waals surface area contributed by atoms with Gasteiger partial charge in [-0.05, 0) is 25.5 Å². The number of nitrogens with one attached hydrogen (secondary N) is 1. The average molecular weight is 272 g/mol. The fourth-order valence-corrected chi connectivity index (χ4v) is 2.70. The van der Waals surface area contributed by atoms with Crippen molar-refractivity contribution in [3.63, 3.8) is 0 Å². The number of piperazine rings is 1. The maximum Gasteiger partial charge on any atom is 0.248 e. The topological polar surface area (TPSA) is 49.4 Å². The molecular formula is C13H24N2O2S. The minimum atomic E-state index is -0.735. The van der Waals surface area contributed by atoms with E-state index in [9.17, 15) is 9.59 Å². The summed E-state index contributed by atoms with van der Waals surface area (Å²) in [5.41, 5.74) is -0.735. The smallest absolute Gasteiger partial charge is 0.248 e. The van der Waals surface area contributed by atoms with Gasteiger partial charge in [0.25, 0.3) is 0 Å². The van der Waals surface area contributed by atoms with Crippen LogP contribution in [0.15, 0.2) is 0 Å². The molecule has 0 radical (unpaired) electrons. The fraction of sp³-hybridized carbons (Fsp3) is 0.846. The molecule has 2 atom stereocenters. The Morgan fingerprint density at radius 3 is 2.50 bits per heavy atom. The Morgan fingerprint density at radius 2 is 2.06 bits per heavy atom. The normalized spacial score (nSPS) is 28.8. The minimum absolute atomic E-state index is 0.0185. The Labute approximate surface area is 114 Å². The molecular weight excluding hydrogens is 248 g/mol. The van der Waals surface area contributed by atoms with Crippen molar-refractivity contribution in [2.45, 2.75) is 45.7 Å². The quantitative estimate of drug-likeness (QED) is 0.825. The van der Waals surface area contributed by atoms with Gasteiger partial charge in [0.15, 0.2) is 0 Å². The highest BCUT2D eigenvalue weighted by Crippen LogP contribution is 2.25. The molecule has 1 aliphatic heterocycles. The largest absolute Gasteiger partial charge is 0.340 e. The van der Waals surface area contributed by atoms with E-state index in [4.69, 9.17) is 0 Å². The lowest BCUT2D eigenvalue weighted by atomic mass is 9.88. The SMILES string of the molecule is CCC1(C)NC(=O)C(C(C)C)N(CCSC)C1=O. The van der Waals surface area contributed by atoms with Crippen molar-refractivity contribution in [2.24, 2.45) is 5.92 Å². The van der Waals surface area contributed by atoms with Crippen molar-refractivity contribution < 1.29 is 9.59 Å². The van der Waals surface area contributed by atoms with Crippen molar-refractivity contribution in [3.05, 3.63) is 0 Å². The molecule has 0 saturated carbocycles. The highest BCUT2D eigenvalue weighted by molar-refractivity contribution is 7.98. The van der Waals surface area contributed by atoms with Gasteiger partial charge >= 0.3 is 0 Å². The molecule has 1 N–H and O–H groups in total. The van der Waals surface area contributed by atoms with Crippen LogP contribution in [0, 0.1) is 5.92 Å². The van der Waals surface area contributed by atoms with Gasteiger partial charge in [-0.25, -0.2) is 0 Å². The molecule has 2 amide bonds. The fourth-order valence-electron chi connectivity index (χ4n) is 2.32. The van der Waals surface area contributed by atoms with Crippen LogP contribution in [0.3, 0.4) is 0 Å². The van der Waals surface area contributed by atoms with E-state index < -0.39 is 5.54 Å². The first-order valence-corrected chi connectivity index (χ1v) is 7.88. The molecule has 4 nitrogen and oxygen atoms in total. The zero-order valence-corrected chi connectivity index (χ0v) is 12.8. The number of carbonyl (C=O) groups is 2. The van der Waals surface area contributed by atoms with Gasteiger partial charge in [-0.1, -0.05) is 20.8 Å². The molecule has 0 spiro atoms. The summed E-state index contributed by atoms with van der Waals surface area (Å²) in [7, 11) is 0. The number of amides is 2. The van der Waals surface area contributed by atoms with E-state index in [-0.39, 0.29) is 23.8 Å². The van der Waals surface area contributed by atoms with Crippen LogP contribution in [0.5, 0.6) is 0 Å². The van der Waals surface area contributed by atoms with Crippen molar-refractivity contribution in [2.75, 3.05) is 18.6 Å². The summed E-state index contributed by atoms with van der Waals surface area (Å²) >= 11 is 1.69. The number of nitrogens with zero attached hydrogens (tertiary/aromatic N) is 1. The first-order chi connectivity index (χ1) is 8.37. The highest BCUT2D eigenvalue weighted by Gasteiger charge is 2.47. The molecule has 1 heterocycles. The summed E-state index contributed by atoms with van der Waals surface area (Å²) in [5, 5.41) is 2.89. The molecule has 2 unspecified atom stereocenters. The molecule has 0 aromatic rings. The molecule has 1 fully saturated rings. The summed E-state index contributed by atoms with van der Waals surface area (Å²) in [4.78, 5) is 26.5. The number of thioether (sulfide) groups is 1. The summed E-state index contributed by atoms with van der Waals surface area (Å²) in [6.07, 6.45) is 2.63. The second-order valence-corrected chi connectivity index (χ2v) is 6.34. The third-order valence-electron chi connectivity index (χ3n) is 3.61. The molecule has 1 rings (SSSR count). The molecule has 18 heavy (non-hydrogen) atoms. The van der Waals surface area contributed by atoms with Crippen LogP contribution in [-0.2, 0) is 9.59 Å². The van der Waals surface area contributed by atoms with Crippen molar-refractivity contribution in [1.82, 2.24) is 10.2 Å².